The number of pyridine rings is 1. The monoisotopic (exact) mass is 903 g/mol. The lowest BCUT2D eigenvalue weighted by molar-refractivity contribution is -0.549. The molecule has 1 amide bonds. The number of ether oxygens (including phenoxy) is 2. The molecular weight excluding hydrogens is 863 g/mol. The molecule has 4 aromatic carbocycles. The summed E-state index contributed by atoms with van der Waals surface area (Å²) >= 11 is 0. The number of cyclic esters (lactones) is 1. The third kappa shape index (κ3) is 7.60. The minimum absolute atomic E-state index is 0.00431. The quantitative estimate of drug-likeness (QED) is 0.0319. The SMILES string of the molecule is O=C(O)c1cn(C2CC2)c2cc(N3CCC(O)(COc4ccc(N5C[C@H](C(OOCc6ccccc6)(OOCc6ccccc6)C67OP6(=O)O7)OC5=O)cc4F)CC3)c(F)cc2c1=O. The summed E-state index contributed by atoms with van der Waals surface area (Å²) in [4.78, 5) is 63.7. The second-order valence-electron chi connectivity index (χ2n) is 16.3. The van der Waals surface area contributed by atoms with Crippen molar-refractivity contribution in [3.8, 4) is 5.75 Å². The molecule has 1 saturated carbocycles. The molecule has 5 fully saturated rings. The van der Waals surface area contributed by atoms with E-state index >= 15 is 8.78 Å². The van der Waals surface area contributed by atoms with Crippen LogP contribution in [0.1, 0.15) is 53.2 Å². The molecule has 64 heavy (non-hydrogen) atoms. The van der Waals surface area contributed by atoms with Crippen molar-refractivity contribution in [1.82, 2.24) is 4.57 Å². The second kappa shape index (κ2) is 16.0. The van der Waals surface area contributed by atoms with Gasteiger partial charge >= 0.3 is 31.0 Å². The summed E-state index contributed by atoms with van der Waals surface area (Å²) in [6, 6.07) is 24.3. The average molecular weight is 904 g/mol. The number of piperidine rings is 1. The molecular formula is C44H40F2N3O14P. The van der Waals surface area contributed by atoms with Gasteiger partial charge in [0.2, 0.25) is 5.43 Å². The Morgan fingerprint density at radius 1 is 0.875 bits per heavy atom. The normalized spacial score (nSPS) is 23.5. The van der Waals surface area contributed by atoms with Crippen molar-refractivity contribution in [1.29, 1.82) is 0 Å². The summed E-state index contributed by atoms with van der Waals surface area (Å²) in [5.74, 6) is -5.53. The maximum atomic E-state index is 15.7. The molecule has 5 aliphatic rings. The van der Waals surface area contributed by atoms with E-state index < -0.39 is 65.3 Å². The first kappa shape index (κ1) is 42.2. The van der Waals surface area contributed by atoms with Crippen molar-refractivity contribution in [3.05, 3.63) is 136 Å². The Balaban J connectivity index is 0.813. The maximum Gasteiger partial charge on any atom is 0.414 e. The maximum absolute atomic E-state index is 15.7. The van der Waals surface area contributed by atoms with Gasteiger partial charge in [-0.3, -0.25) is 23.3 Å². The molecule has 20 heteroatoms. The molecule has 4 saturated heterocycles. The number of carbonyl (C=O) groups is 2. The van der Waals surface area contributed by atoms with E-state index in [2.05, 4.69) is 0 Å². The summed E-state index contributed by atoms with van der Waals surface area (Å²) in [6.07, 6.45) is 0.754. The molecule has 334 valence electrons. The summed E-state index contributed by atoms with van der Waals surface area (Å²) in [6.45, 7) is -0.497. The number of carboxylic acid groups (broad SMARTS) is 1. The van der Waals surface area contributed by atoms with Gasteiger partial charge in [-0.2, -0.15) is 9.78 Å². The number of benzene rings is 4. The van der Waals surface area contributed by atoms with Crippen LogP contribution in [-0.4, -0.2) is 76.1 Å². The van der Waals surface area contributed by atoms with E-state index in [1.165, 1.54) is 18.3 Å². The van der Waals surface area contributed by atoms with E-state index in [1.807, 2.05) is 12.1 Å². The van der Waals surface area contributed by atoms with Gasteiger partial charge in [-0.25, -0.2) is 28.1 Å². The Bertz CT molecular complexity index is 2690. The van der Waals surface area contributed by atoms with Gasteiger partial charge in [-0.05, 0) is 61.1 Å². The first-order chi connectivity index (χ1) is 30.8. The molecule has 0 spiro atoms. The third-order valence-corrected chi connectivity index (χ3v) is 13.9. The number of nitrogens with zero attached hydrogens (tertiary/aromatic N) is 3. The van der Waals surface area contributed by atoms with Gasteiger partial charge in [-0.15, -0.1) is 0 Å². The van der Waals surface area contributed by atoms with Crippen molar-refractivity contribution in [2.24, 2.45) is 0 Å². The molecule has 0 radical (unpaired) electrons. The van der Waals surface area contributed by atoms with Crippen LogP contribution in [0.5, 0.6) is 5.75 Å². The minimum Gasteiger partial charge on any atom is -0.488 e. The smallest absolute Gasteiger partial charge is 0.414 e. The summed E-state index contributed by atoms with van der Waals surface area (Å²) < 4.78 is 68.4. The largest absolute Gasteiger partial charge is 0.488 e. The zero-order valence-corrected chi connectivity index (χ0v) is 34.7. The summed E-state index contributed by atoms with van der Waals surface area (Å²) in [5.41, 5.74) is -2.53. The molecule has 1 atom stereocenters. The standard InChI is InChI=1S/C44H40F2N3O14P/c45-33-20-31-35(48(29-11-12-29)22-32(39(31)50)40(51)52)21-36(33)47-17-15-42(54,16-18-47)26-56-37-14-13-30(19-34(37)46)49-23-38(59-41(49)53)43(44-62-64(44,55)63-44,60-57-24-27-7-3-1-4-8-27)61-58-25-28-9-5-2-6-10-28/h1-10,13-14,19-22,29,38,54H,11-12,15-18,23-26H2,(H,51,52)/t38-,44?,64?/m1/s1. The van der Waals surface area contributed by atoms with Crippen LogP contribution in [0.3, 0.4) is 0 Å². The van der Waals surface area contributed by atoms with Crippen molar-refractivity contribution in [2.75, 3.05) is 36.0 Å². The van der Waals surface area contributed by atoms with E-state index in [9.17, 15) is 29.2 Å². The van der Waals surface area contributed by atoms with Crippen LogP contribution >= 0.6 is 7.60 Å². The Labute approximate surface area is 362 Å². The third-order valence-electron chi connectivity index (χ3n) is 12.0. The molecule has 1 aliphatic carbocycles. The van der Waals surface area contributed by atoms with E-state index in [4.69, 9.17) is 38.1 Å². The van der Waals surface area contributed by atoms with Crippen LogP contribution < -0.4 is 20.0 Å². The fourth-order valence-electron chi connectivity index (χ4n) is 8.13. The lowest BCUT2D eigenvalue weighted by atomic mass is 9.92. The Morgan fingerprint density at radius 3 is 2.06 bits per heavy atom. The Kier molecular flexibility index (Phi) is 10.6. The number of hydrogen-bond donors (Lipinski definition) is 2. The number of aromatic nitrogens is 1. The van der Waals surface area contributed by atoms with Crippen molar-refractivity contribution < 1.29 is 71.2 Å². The molecule has 4 aliphatic heterocycles. The average Bonchev–Trinajstić information content (AvgIpc) is 4.24. The van der Waals surface area contributed by atoms with Crippen LogP contribution in [0.2, 0.25) is 0 Å². The van der Waals surface area contributed by atoms with E-state index in [-0.39, 0.29) is 80.8 Å². The minimum atomic E-state index is -3.71. The molecule has 0 bridgehead atoms. The fourth-order valence-corrected chi connectivity index (χ4v) is 9.97. The number of carboxylic acids is 1. The lowest BCUT2D eigenvalue weighted by Gasteiger charge is -2.39. The number of halogens is 2. The van der Waals surface area contributed by atoms with Gasteiger partial charge in [0.05, 0.1) is 23.4 Å². The van der Waals surface area contributed by atoms with Crippen LogP contribution in [0, 0.1) is 11.6 Å². The van der Waals surface area contributed by atoms with Gasteiger partial charge in [-0.1, -0.05) is 60.7 Å². The van der Waals surface area contributed by atoms with Gasteiger partial charge in [0.1, 0.15) is 36.8 Å². The Hall–Kier alpha value is -5.76. The zero-order chi connectivity index (χ0) is 44.4. The number of carbonyl (C=O) groups excluding carboxylic acids is 1. The molecule has 1 aromatic heterocycles. The van der Waals surface area contributed by atoms with E-state index in [0.717, 1.165) is 29.9 Å². The number of amides is 1. The van der Waals surface area contributed by atoms with Crippen LogP contribution in [-0.2, 0) is 51.1 Å². The Morgan fingerprint density at radius 2 is 1.50 bits per heavy atom. The van der Waals surface area contributed by atoms with Gasteiger partial charge < -0.3 is 29.2 Å². The summed E-state index contributed by atoms with van der Waals surface area (Å²) in [7, 11) is -3.71. The molecule has 17 nitrogen and oxygen atoms in total. The van der Waals surface area contributed by atoms with Crippen molar-refractivity contribution >= 4 is 41.9 Å². The number of rotatable bonds is 17. The molecule has 5 aromatic rings. The first-order valence-electron chi connectivity index (χ1n) is 20.5. The highest BCUT2D eigenvalue weighted by molar-refractivity contribution is 7.68. The highest BCUT2D eigenvalue weighted by Gasteiger charge is 3.03. The number of aliphatic hydroxyl groups is 1. The van der Waals surface area contributed by atoms with Gasteiger partial charge in [0, 0.05) is 36.8 Å². The first-order valence-corrected chi connectivity index (χ1v) is 22.1. The highest BCUT2D eigenvalue weighted by Crippen LogP contribution is 3.00. The van der Waals surface area contributed by atoms with Gasteiger partial charge in [0.15, 0.2) is 17.7 Å². The lowest BCUT2D eigenvalue weighted by Crippen LogP contribution is -2.57. The van der Waals surface area contributed by atoms with E-state index in [1.54, 1.807) is 64.1 Å². The van der Waals surface area contributed by atoms with Gasteiger partial charge in [0.25, 0.3) is 0 Å². The van der Waals surface area contributed by atoms with Crippen LogP contribution in [0.25, 0.3) is 10.9 Å². The molecule has 5 heterocycles. The van der Waals surface area contributed by atoms with Crippen LogP contribution in [0.4, 0.5) is 25.0 Å². The van der Waals surface area contributed by atoms with Crippen molar-refractivity contribution in [2.45, 2.75) is 68.0 Å². The number of anilines is 2. The molecule has 2 N–H and O–H groups in total. The molecule has 0 unspecified atom stereocenters. The topological polar surface area (TPSA) is 201 Å². The predicted octanol–water partition coefficient (Wildman–Crippen LogP) is 6.95. The summed E-state index contributed by atoms with van der Waals surface area (Å²) in [5, 5.41) is 21.0. The van der Waals surface area contributed by atoms with Crippen molar-refractivity contribution in [3.63, 3.8) is 0 Å². The fraction of sp³-hybridized carbons (Fsp3) is 0.341. The number of hydrogen-bond acceptors (Lipinski definition) is 14. The number of aromatic carboxylic acids is 1. The second-order valence-corrected chi connectivity index (χ2v) is 18.3. The number of fused-ring (bicyclic) bond motifs is 2. The predicted molar refractivity (Wildman–Crippen MR) is 219 cm³/mol. The van der Waals surface area contributed by atoms with E-state index in [0.29, 0.717) is 16.6 Å². The highest BCUT2D eigenvalue weighted by atomic mass is 31.2. The zero-order valence-electron chi connectivity index (χ0n) is 33.8. The molecule has 10 rings (SSSR count). The van der Waals surface area contributed by atoms with Crippen LogP contribution in [0.15, 0.2) is 102 Å².